The molecule has 0 N–H and O–H groups in total. The first-order chi connectivity index (χ1) is 6.27. The Morgan fingerprint density at radius 2 is 2.31 bits per heavy atom. The molecular formula is C10H15NOS. The Morgan fingerprint density at radius 3 is 2.85 bits per heavy atom. The maximum absolute atomic E-state index is 11.3. The summed E-state index contributed by atoms with van der Waals surface area (Å²) in [6, 6.07) is 5.23. The zero-order valence-electron chi connectivity index (χ0n) is 7.81. The Hall–Kier alpha value is -0.700. The van der Waals surface area contributed by atoms with Gasteiger partial charge in [-0.15, -0.1) is 0 Å². The molecule has 3 heteroatoms. The SMILES string of the molecule is CCC(CS)Cn1ccccc1=O. The van der Waals surface area contributed by atoms with E-state index >= 15 is 0 Å². The number of nitrogens with zero attached hydrogens (tertiary/aromatic N) is 1. The molecule has 72 valence electrons. The van der Waals surface area contributed by atoms with E-state index in [4.69, 9.17) is 0 Å². The third-order valence-corrected chi connectivity index (χ3v) is 2.71. The lowest BCUT2D eigenvalue weighted by molar-refractivity contribution is 0.468. The Morgan fingerprint density at radius 1 is 1.54 bits per heavy atom. The number of pyridine rings is 1. The van der Waals surface area contributed by atoms with Crippen LogP contribution in [-0.2, 0) is 6.54 Å². The molecule has 0 amide bonds. The molecule has 1 atom stereocenters. The summed E-state index contributed by atoms with van der Waals surface area (Å²) in [5, 5.41) is 0. The molecule has 0 aromatic carbocycles. The van der Waals surface area contributed by atoms with Crippen LogP contribution >= 0.6 is 12.6 Å². The second-order valence-corrected chi connectivity index (χ2v) is 3.51. The highest BCUT2D eigenvalue weighted by Gasteiger charge is 2.04. The highest BCUT2D eigenvalue weighted by molar-refractivity contribution is 7.80. The lowest BCUT2D eigenvalue weighted by Gasteiger charge is -2.12. The molecule has 1 heterocycles. The van der Waals surface area contributed by atoms with Gasteiger partial charge in [-0.2, -0.15) is 12.6 Å². The summed E-state index contributed by atoms with van der Waals surface area (Å²) in [6.07, 6.45) is 2.89. The minimum Gasteiger partial charge on any atom is -0.315 e. The average molecular weight is 197 g/mol. The van der Waals surface area contributed by atoms with E-state index in [2.05, 4.69) is 19.6 Å². The van der Waals surface area contributed by atoms with Crippen LogP contribution in [0.15, 0.2) is 29.2 Å². The lowest BCUT2D eigenvalue weighted by Crippen LogP contribution is -2.22. The third kappa shape index (κ3) is 2.92. The molecule has 13 heavy (non-hydrogen) atoms. The van der Waals surface area contributed by atoms with Gasteiger partial charge in [-0.1, -0.05) is 19.4 Å². The molecule has 0 radical (unpaired) electrons. The van der Waals surface area contributed by atoms with Crippen LogP contribution in [0, 0.1) is 5.92 Å². The number of hydrogen-bond acceptors (Lipinski definition) is 2. The smallest absolute Gasteiger partial charge is 0.250 e. The highest BCUT2D eigenvalue weighted by Crippen LogP contribution is 2.06. The van der Waals surface area contributed by atoms with Crippen molar-refractivity contribution in [2.75, 3.05) is 5.75 Å². The van der Waals surface area contributed by atoms with Crippen molar-refractivity contribution < 1.29 is 0 Å². The van der Waals surface area contributed by atoms with Crippen LogP contribution in [0.4, 0.5) is 0 Å². The second kappa shape index (κ2) is 5.12. The molecule has 0 fully saturated rings. The summed E-state index contributed by atoms with van der Waals surface area (Å²) in [7, 11) is 0. The molecule has 0 spiro atoms. The molecule has 1 rings (SSSR count). The fourth-order valence-corrected chi connectivity index (χ4v) is 1.58. The van der Waals surface area contributed by atoms with Gasteiger partial charge in [0.2, 0.25) is 0 Å². The lowest BCUT2D eigenvalue weighted by atomic mass is 10.1. The van der Waals surface area contributed by atoms with Gasteiger partial charge in [0.1, 0.15) is 0 Å². The minimum absolute atomic E-state index is 0.0720. The van der Waals surface area contributed by atoms with Gasteiger partial charge < -0.3 is 4.57 Å². The zero-order chi connectivity index (χ0) is 9.68. The van der Waals surface area contributed by atoms with Gasteiger partial charge in [-0.3, -0.25) is 4.79 Å². The molecule has 1 aromatic rings. The molecule has 1 aromatic heterocycles. The maximum Gasteiger partial charge on any atom is 0.250 e. The maximum atomic E-state index is 11.3. The topological polar surface area (TPSA) is 22.0 Å². The summed E-state index contributed by atoms with van der Waals surface area (Å²) in [5.41, 5.74) is 0.0720. The van der Waals surface area contributed by atoms with Crippen LogP contribution in [0.25, 0.3) is 0 Å². The first-order valence-electron chi connectivity index (χ1n) is 4.54. The van der Waals surface area contributed by atoms with Crippen molar-refractivity contribution in [1.29, 1.82) is 0 Å². The summed E-state index contributed by atoms with van der Waals surface area (Å²) in [6.45, 7) is 2.90. The molecule has 2 nitrogen and oxygen atoms in total. The third-order valence-electron chi connectivity index (χ3n) is 2.19. The van der Waals surface area contributed by atoms with Gasteiger partial charge in [0.15, 0.2) is 0 Å². The molecule has 0 bridgehead atoms. The van der Waals surface area contributed by atoms with Crippen LogP contribution in [0.2, 0.25) is 0 Å². The van der Waals surface area contributed by atoms with E-state index < -0.39 is 0 Å². The number of rotatable bonds is 4. The molecule has 0 aliphatic carbocycles. The van der Waals surface area contributed by atoms with Crippen molar-refractivity contribution >= 4 is 12.6 Å². The van der Waals surface area contributed by atoms with Crippen LogP contribution in [0.3, 0.4) is 0 Å². The second-order valence-electron chi connectivity index (χ2n) is 3.15. The van der Waals surface area contributed by atoms with Crippen LogP contribution in [-0.4, -0.2) is 10.3 Å². The van der Waals surface area contributed by atoms with Crippen molar-refractivity contribution in [3.63, 3.8) is 0 Å². The number of hydrogen-bond donors (Lipinski definition) is 1. The summed E-state index contributed by atoms with van der Waals surface area (Å²) >= 11 is 4.24. The van der Waals surface area contributed by atoms with E-state index in [1.165, 1.54) is 0 Å². The standard InChI is InChI=1S/C10H15NOS/c1-2-9(8-13)7-11-6-4-3-5-10(11)12/h3-6,9,13H,2,7-8H2,1H3. The molecule has 0 aliphatic heterocycles. The first kappa shape index (κ1) is 10.4. The van der Waals surface area contributed by atoms with E-state index in [0.717, 1.165) is 18.7 Å². The van der Waals surface area contributed by atoms with E-state index in [-0.39, 0.29) is 5.56 Å². The largest absolute Gasteiger partial charge is 0.315 e. The van der Waals surface area contributed by atoms with E-state index in [1.54, 1.807) is 16.7 Å². The Bertz CT molecular complexity index is 304. The highest BCUT2D eigenvalue weighted by atomic mass is 32.1. The van der Waals surface area contributed by atoms with Crippen molar-refractivity contribution in [3.05, 3.63) is 34.7 Å². The van der Waals surface area contributed by atoms with Crippen LogP contribution in [0.1, 0.15) is 13.3 Å². The fourth-order valence-electron chi connectivity index (χ4n) is 1.21. The van der Waals surface area contributed by atoms with Crippen LogP contribution < -0.4 is 5.56 Å². The zero-order valence-corrected chi connectivity index (χ0v) is 8.71. The van der Waals surface area contributed by atoms with Crippen molar-refractivity contribution in [2.24, 2.45) is 5.92 Å². The predicted octanol–water partition coefficient (Wildman–Crippen LogP) is 1.80. The first-order valence-corrected chi connectivity index (χ1v) is 5.17. The van der Waals surface area contributed by atoms with Gasteiger partial charge >= 0.3 is 0 Å². The van der Waals surface area contributed by atoms with Crippen LogP contribution in [0.5, 0.6) is 0 Å². The van der Waals surface area contributed by atoms with E-state index in [9.17, 15) is 4.79 Å². The number of thiol groups is 1. The Labute approximate surface area is 84.0 Å². The van der Waals surface area contributed by atoms with Gasteiger partial charge in [-0.25, -0.2) is 0 Å². The summed E-state index contributed by atoms with van der Waals surface area (Å²) < 4.78 is 1.74. The Balaban J connectivity index is 2.73. The van der Waals surface area contributed by atoms with Gasteiger partial charge in [0.25, 0.3) is 5.56 Å². The minimum atomic E-state index is 0.0720. The quantitative estimate of drug-likeness (QED) is 0.730. The van der Waals surface area contributed by atoms with Crippen molar-refractivity contribution in [1.82, 2.24) is 4.57 Å². The van der Waals surface area contributed by atoms with Gasteiger partial charge in [0.05, 0.1) is 0 Å². The number of aromatic nitrogens is 1. The molecule has 0 saturated heterocycles. The van der Waals surface area contributed by atoms with E-state index in [1.807, 2.05) is 12.3 Å². The summed E-state index contributed by atoms with van der Waals surface area (Å²) in [4.78, 5) is 11.3. The van der Waals surface area contributed by atoms with Crippen molar-refractivity contribution in [3.8, 4) is 0 Å². The van der Waals surface area contributed by atoms with E-state index in [0.29, 0.717) is 5.92 Å². The average Bonchev–Trinajstić information content (AvgIpc) is 2.17. The van der Waals surface area contributed by atoms with Gasteiger partial charge in [-0.05, 0) is 17.7 Å². The Kier molecular flexibility index (Phi) is 4.09. The fraction of sp³-hybridized carbons (Fsp3) is 0.500. The predicted molar refractivity (Wildman–Crippen MR) is 58.3 cm³/mol. The molecule has 1 unspecified atom stereocenters. The van der Waals surface area contributed by atoms with Crippen molar-refractivity contribution in [2.45, 2.75) is 19.9 Å². The molecule has 0 aliphatic rings. The van der Waals surface area contributed by atoms with Gasteiger partial charge in [0, 0.05) is 18.8 Å². The molecular weight excluding hydrogens is 182 g/mol. The monoisotopic (exact) mass is 197 g/mol. The summed E-state index contributed by atoms with van der Waals surface area (Å²) in [5.74, 6) is 1.32. The molecule has 0 saturated carbocycles. The normalized spacial score (nSPS) is 12.8.